The molecule has 0 aromatic heterocycles. The maximum absolute atomic E-state index is 10.9. The molecule has 5 heteroatoms. The van der Waals surface area contributed by atoms with E-state index in [1.807, 2.05) is 79.7 Å². The van der Waals surface area contributed by atoms with Gasteiger partial charge in [-0.25, -0.2) is 0 Å². The molecule has 0 unspecified atom stereocenters. The molecule has 168 valence electrons. The number of halogens is 1. The van der Waals surface area contributed by atoms with Crippen molar-refractivity contribution < 1.29 is 19.4 Å². The maximum atomic E-state index is 10.9. The average Bonchev–Trinajstić information content (AvgIpc) is 2.69. The highest BCUT2D eigenvalue weighted by atomic mass is 35.5. The van der Waals surface area contributed by atoms with Crippen molar-refractivity contribution >= 4 is 17.6 Å². The van der Waals surface area contributed by atoms with E-state index in [1.165, 1.54) is 0 Å². The molecular weight excluding hydrogens is 400 g/mol. The highest BCUT2D eigenvalue weighted by Gasteiger charge is 2.12. The minimum Gasteiger partial charge on any atom is -0.493 e. The predicted octanol–water partition coefficient (Wildman–Crippen LogP) is 7.40. The van der Waals surface area contributed by atoms with Crippen LogP contribution < -0.4 is 9.47 Å². The lowest BCUT2D eigenvalue weighted by Gasteiger charge is -2.17. The first-order chi connectivity index (χ1) is 14.3. The molecule has 2 aromatic carbocycles. The first-order valence-corrected chi connectivity index (χ1v) is 11.1. The molecule has 4 nitrogen and oxygen atoms in total. The fraction of sp³-hybridized carbons (Fsp3) is 0.480. The molecule has 0 bridgehead atoms. The fourth-order valence-electron chi connectivity index (χ4n) is 3.02. The van der Waals surface area contributed by atoms with Gasteiger partial charge in [0.15, 0.2) is 0 Å². The van der Waals surface area contributed by atoms with Gasteiger partial charge in [0.25, 0.3) is 0 Å². The van der Waals surface area contributed by atoms with Gasteiger partial charge in [-0.2, -0.15) is 0 Å². The van der Waals surface area contributed by atoms with E-state index < -0.39 is 5.97 Å². The van der Waals surface area contributed by atoms with Crippen LogP contribution in [0, 0.1) is 27.7 Å². The minimum absolute atomic E-state index is 0.00845. The van der Waals surface area contributed by atoms with E-state index in [4.69, 9.17) is 26.2 Å². The lowest BCUT2D eigenvalue weighted by atomic mass is 10.0. The Labute approximate surface area is 187 Å². The quantitative estimate of drug-likeness (QED) is 0.346. The molecule has 0 aliphatic heterocycles. The number of ether oxygens (including phenoxy) is 2. The van der Waals surface area contributed by atoms with Gasteiger partial charge in [0, 0.05) is 5.88 Å². The predicted molar refractivity (Wildman–Crippen MR) is 127 cm³/mol. The largest absolute Gasteiger partial charge is 0.493 e. The van der Waals surface area contributed by atoms with Gasteiger partial charge in [0.1, 0.15) is 17.2 Å². The van der Waals surface area contributed by atoms with Crippen molar-refractivity contribution in [1.82, 2.24) is 0 Å². The van der Waals surface area contributed by atoms with Gasteiger partial charge in [-0.05, 0) is 74.1 Å². The summed E-state index contributed by atoms with van der Waals surface area (Å²) in [6.45, 7) is 16.4. The standard InChI is InChI=1S/C21H25ClO4.2C2H6/c1-13-8-17(12-19(23)24)9-14(2)21(13)26-18-10-15(3)20(16(4)11-18)25-7-5-6-22;2*1-2/h8-11H,5-7,12H2,1-4H3,(H,23,24);2*1-2H3. The summed E-state index contributed by atoms with van der Waals surface area (Å²) >= 11 is 5.70. The Hall–Kier alpha value is -2.20. The number of hydrogen-bond acceptors (Lipinski definition) is 3. The number of aliphatic carboxylic acids is 1. The Morgan fingerprint density at radius 2 is 1.33 bits per heavy atom. The van der Waals surface area contributed by atoms with Gasteiger partial charge < -0.3 is 14.6 Å². The third kappa shape index (κ3) is 8.66. The molecule has 2 aromatic rings. The second-order valence-corrected chi connectivity index (χ2v) is 6.89. The van der Waals surface area contributed by atoms with Crippen LogP contribution in [0.4, 0.5) is 0 Å². The molecular formula is C25H37ClO4. The summed E-state index contributed by atoms with van der Waals surface area (Å²) in [5.74, 6) is 2.10. The number of benzene rings is 2. The molecule has 0 saturated carbocycles. The Kier molecular flexibility index (Phi) is 13.7. The van der Waals surface area contributed by atoms with Crippen LogP contribution in [0.25, 0.3) is 0 Å². The SMILES string of the molecule is CC.CC.Cc1cc(Oc2c(C)cc(CC(=O)O)cc2C)cc(C)c1OCCCCl. The van der Waals surface area contributed by atoms with Crippen LogP contribution in [-0.4, -0.2) is 23.6 Å². The normalized spacial score (nSPS) is 9.63. The molecule has 0 fully saturated rings. The highest BCUT2D eigenvalue weighted by Crippen LogP contribution is 2.34. The Balaban J connectivity index is 0.00000198. The van der Waals surface area contributed by atoms with E-state index in [9.17, 15) is 4.79 Å². The third-order valence-corrected chi connectivity index (χ3v) is 4.32. The minimum atomic E-state index is -0.839. The van der Waals surface area contributed by atoms with Crippen molar-refractivity contribution in [2.75, 3.05) is 12.5 Å². The second kappa shape index (κ2) is 14.7. The number of carbonyl (C=O) groups is 1. The van der Waals surface area contributed by atoms with Crippen LogP contribution >= 0.6 is 11.6 Å². The number of hydrogen-bond donors (Lipinski definition) is 1. The first-order valence-electron chi connectivity index (χ1n) is 10.6. The Morgan fingerprint density at radius 1 is 0.867 bits per heavy atom. The highest BCUT2D eigenvalue weighted by molar-refractivity contribution is 6.17. The van der Waals surface area contributed by atoms with Crippen molar-refractivity contribution in [2.24, 2.45) is 0 Å². The summed E-state index contributed by atoms with van der Waals surface area (Å²) in [4.78, 5) is 10.9. The molecule has 0 heterocycles. The van der Waals surface area contributed by atoms with Crippen LogP contribution in [0.5, 0.6) is 17.2 Å². The molecule has 0 saturated heterocycles. The van der Waals surface area contributed by atoms with Crippen molar-refractivity contribution in [3.05, 3.63) is 52.1 Å². The average molecular weight is 437 g/mol. The van der Waals surface area contributed by atoms with Gasteiger partial charge in [0.2, 0.25) is 0 Å². The van der Waals surface area contributed by atoms with Crippen LogP contribution in [0.1, 0.15) is 61.9 Å². The first kappa shape index (κ1) is 27.8. The van der Waals surface area contributed by atoms with Gasteiger partial charge in [-0.1, -0.05) is 39.8 Å². The van der Waals surface area contributed by atoms with Gasteiger partial charge >= 0.3 is 5.97 Å². The van der Waals surface area contributed by atoms with Gasteiger partial charge in [-0.15, -0.1) is 11.6 Å². The van der Waals surface area contributed by atoms with E-state index >= 15 is 0 Å². The number of alkyl halides is 1. The summed E-state index contributed by atoms with van der Waals surface area (Å²) in [6, 6.07) is 7.62. The lowest BCUT2D eigenvalue weighted by Crippen LogP contribution is -2.03. The number of carboxylic acids is 1. The van der Waals surface area contributed by atoms with Crippen molar-refractivity contribution in [2.45, 2.75) is 68.2 Å². The van der Waals surface area contributed by atoms with Crippen molar-refractivity contribution in [3.63, 3.8) is 0 Å². The number of rotatable bonds is 8. The van der Waals surface area contributed by atoms with E-state index in [2.05, 4.69) is 0 Å². The number of aryl methyl sites for hydroxylation is 4. The zero-order chi connectivity index (χ0) is 23.3. The molecule has 0 spiro atoms. The molecule has 0 atom stereocenters. The summed E-state index contributed by atoms with van der Waals surface area (Å²) < 4.78 is 11.9. The van der Waals surface area contributed by atoms with Gasteiger partial charge in [-0.3, -0.25) is 4.79 Å². The zero-order valence-corrected chi connectivity index (χ0v) is 20.4. The molecule has 0 radical (unpaired) electrons. The zero-order valence-electron chi connectivity index (χ0n) is 19.7. The molecule has 0 aliphatic rings. The van der Waals surface area contributed by atoms with Crippen LogP contribution in [0.2, 0.25) is 0 Å². The molecule has 30 heavy (non-hydrogen) atoms. The Bertz CT molecular complexity index is 754. The monoisotopic (exact) mass is 436 g/mol. The maximum Gasteiger partial charge on any atom is 0.307 e. The van der Waals surface area contributed by atoms with E-state index in [-0.39, 0.29) is 6.42 Å². The van der Waals surface area contributed by atoms with Crippen LogP contribution in [0.15, 0.2) is 24.3 Å². The summed E-state index contributed by atoms with van der Waals surface area (Å²) in [5.41, 5.74) is 4.62. The number of carboxylic acid groups (broad SMARTS) is 1. The molecule has 2 rings (SSSR count). The molecule has 1 N–H and O–H groups in total. The van der Waals surface area contributed by atoms with E-state index in [0.29, 0.717) is 12.5 Å². The van der Waals surface area contributed by atoms with Crippen molar-refractivity contribution in [3.8, 4) is 17.2 Å². The fourth-order valence-corrected chi connectivity index (χ4v) is 3.13. The Morgan fingerprint density at radius 3 is 1.77 bits per heavy atom. The molecule has 0 amide bonds. The lowest BCUT2D eigenvalue weighted by molar-refractivity contribution is -0.136. The van der Waals surface area contributed by atoms with Crippen LogP contribution in [0.3, 0.4) is 0 Å². The third-order valence-electron chi connectivity index (χ3n) is 4.05. The van der Waals surface area contributed by atoms with Gasteiger partial charge in [0.05, 0.1) is 13.0 Å². The summed E-state index contributed by atoms with van der Waals surface area (Å²) in [6.07, 6.45) is 0.814. The topological polar surface area (TPSA) is 55.8 Å². The van der Waals surface area contributed by atoms with Crippen molar-refractivity contribution in [1.29, 1.82) is 0 Å². The summed E-state index contributed by atoms with van der Waals surface area (Å²) in [7, 11) is 0. The smallest absolute Gasteiger partial charge is 0.307 e. The van der Waals surface area contributed by atoms with Crippen LogP contribution in [-0.2, 0) is 11.2 Å². The second-order valence-electron chi connectivity index (χ2n) is 6.51. The van der Waals surface area contributed by atoms with E-state index in [0.717, 1.165) is 51.5 Å². The van der Waals surface area contributed by atoms with E-state index in [1.54, 1.807) is 0 Å². The molecule has 0 aliphatic carbocycles. The summed E-state index contributed by atoms with van der Waals surface area (Å²) in [5, 5.41) is 8.97.